The first kappa shape index (κ1) is 12.8. The second-order valence-corrected chi connectivity index (χ2v) is 6.80. The Bertz CT molecular complexity index is 377. The number of nitrogens with zero attached hydrogens (tertiary/aromatic N) is 2. The lowest BCUT2D eigenvalue weighted by Gasteiger charge is -2.57. The van der Waals surface area contributed by atoms with E-state index in [-0.39, 0.29) is 18.1 Å². The molecule has 4 heteroatoms. The molecule has 0 radical (unpaired) electrons. The van der Waals surface area contributed by atoms with E-state index < -0.39 is 0 Å². The highest BCUT2D eigenvalue weighted by atomic mass is 16.2. The molecule has 0 unspecified atom stereocenters. The van der Waals surface area contributed by atoms with Gasteiger partial charge in [-0.25, -0.2) is 4.79 Å². The zero-order chi connectivity index (χ0) is 13.5. The molecule has 0 aromatic carbocycles. The maximum absolute atomic E-state index is 12.3. The molecule has 0 aromatic rings. The van der Waals surface area contributed by atoms with Gasteiger partial charge in [0.2, 0.25) is 0 Å². The second-order valence-electron chi connectivity index (χ2n) is 6.80. The predicted octanol–water partition coefficient (Wildman–Crippen LogP) is 2.51. The van der Waals surface area contributed by atoms with E-state index in [0.29, 0.717) is 6.54 Å². The van der Waals surface area contributed by atoms with Crippen molar-refractivity contribution in [1.29, 1.82) is 5.26 Å². The van der Waals surface area contributed by atoms with Gasteiger partial charge >= 0.3 is 6.03 Å². The zero-order valence-corrected chi connectivity index (χ0v) is 11.7. The Balaban J connectivity index is 1.69. The molecule has 4 bridgehead atoms. The van der Waals surface area contributed by atoms with Crippen LogP contribution in [0.1, 0.15) is 45.4 Å². The normalized spacial score (nSPS) is 38.8. The molecule has 4 nitrogen and oxygen atoms in total. The second kappa shape index (κ2) is 4.70. The topological polar surface area (TPSA) is 56.1 Å². The minimum Gasteiger partial charge on any atom is -0.333 e. The quantitative estimate of drug-likeness (QED) is 0.794. The SMILES string of the molecule is CCN(CC#N)C(=O)NC12CC3CC(CC(C3)C1)C2. The molecule has 4 fully saturated rings. The van der Waals surface area contributed by atoms with Gasteiger partial charge in [-0.15, -0.1) is 0 Å². The number of nitriles is 1. The molecule has 0 saturated heterocycles. The van der Waals surface area contributed by atoms with Gasteiger partial charge in [0.25, 0.3) is 0 Å². The van der Waals surface area contributed by atoms with Gasteiger partial charge in [0.15, 0.2) is 0 Å². The van der Waals surface area contributed by atoms with Crippen molar-refractivity contribution in [3.05, 3.63) is 0 Å². The lowest BCUT2D eigenvalue weighted by Crippen LogP contribution is -2.61. The molecule has 0 aliphatic heterocycles. The number of carbonyl (C=O) groups is 1. The van der Waals surface area contributed by atoms with Gasteiger partial charge in [0, 0.05) is 12.1 Å². The zero-order valence-electron chi connectivity index (χ0n) is 11.7. The van der Waals surface area contributed by atoms with Crippen molar-refractivity contribution in [3.8, 4) is 6.07 Å². The highest BCUT2D eigenvalue weighted by Crippen LogP contribution is 2.55. The molecule has 0 spiro atoms. The summed E-state index contributed by atoms with van der Waals surface area (Å²) in [4.78, 5) is 13.9. The molecule has 4 saturated carbocycles. The Labute approximate surface area is 115 Å². The van der Waals surface area contributed by atoms with Crippen molar-refractivity contribution in [2.24, 2.45) is 17.8 Å². The molecule has 2 amide bonds. The largest absolute Gasteiger partial charge is 0.333 e. The molecular formula is C15H23N3O. The predicted molar refractivity (Wildman–Crippen MR) is 72.3 cm³/mol. The van der Waals surface area contributed by atoms with Crippen LogP contribution in [-0.4, -0.2) is 29.6 Å². The van der Waals surface area contributed by atoms with Gasteiger partial charge in [-0.1, -0.05) is 0 Å². The Morgan fingerprint density at radius 3 is 2.21 bits per heavy atom. The first-order chi connectivity index (χ1) is 9.14. The van der Waals surface area contributed by atoms with E-state index in [1.165, 1.54) is 19.3 Å². The summed E-state index contributed by atoms with van der Waals surface area (Å²) in [6.07, 6.45) is 7.62. The number of carbonyl (C=O) groups excluding carboxylic acids is 1. The third kappa shape index (κ3) is 2.31. The van der Waals surface area contributed by atoms with E-state index in [0.717, 1.165) is 37.0 Å². The fourth-order valence-corrected chi connectivity index (χ4v) is 4.98. The molecule has 1 N–H and O–H groups in total. The van der Waals surface area contributed by atoms with E-state index in [4.69, 9.17) is 5.26 Å². The summed E-state index contributed by atoms with van der Waals surface area (Å²) in [5, 5.41) is 12.1. The Kier molecular flexibility index (Phi) is 3.16. The standard InChI is InChI=1S/C15H23N3O/c1-2-18(4-3-16)14(19)17-15-8-11-5-12(9-15)7-13(6-11)10-15/h11-13H,2,4-10H2,1H3,(H,17,19). The van der Waals surface area contributed by atoms with E-state index in [9.17, 15) is 4.79 Å². The van der Waals surface area contributed by atoms with Crippen LogP contribution in [0.15, 0.2) is 0 Å². The number of nitrogens with one attached hydrogen (secondary N) is 1. The number of amides is 2. The molecule has 104 valence electrons. The van der Waals surface area contributed by atoms with Crippen LogP contribution < -0.4 is 5.32 Å². The maximum atomic E-state index is 12.3. The van der Waals surface area contributed by atoms with Crippen LogP contribution in [0.4, 0.5) is 4.79 Å². The van der Waals surface area contributed by atoms with E-state index in [1.54, 1.807) is 4.90 Å². The Morgan fingerprint density at radius 1 is 1.26 bits per heavy atom. The first-order valence-electron chi connectivity index (χ1n) is 7.58. The maximum Gasteiger partial charge on any atom is 0.318 e. The van der Waals surface area contributed by atoms with Crippen LogP contribution in [0.2, 0.25) is 0 Å². The fraction of sp³-hybridized carbons (Fsp3) is 0.867. The number of hydrogen-bond acceptors (Lipinski definition) is 2. The molecular weight excluding hydrogens is 238 g/mol. The van der Waals surface area contributed by atoms with Crippen molar-refractivity contribution < 1.29 is 4.79 Å². The van der Waals surface area contributed by atoms with Crippen molar-refractivity contribution in [3.63, 3.8) is 0 Å². The Morgan fingerprint density at radius 2 is 1.79 bits per heavy atom. The van der Waals surface area contributed by atoms with Crippen molar-refractivity contribution in [1.82, 2.24) is 10.2 Å². The van der Waals surface area contributed by atoms with Gasteiger partial charge in [0.1, 0.15) is 6.54 Å². The molecule has 0 heterocycles. The highest BCUT2D eigenvalue weighted by molar-refractivity contribution is 5.75. The van der Waals surface area contributed by atoms with Gasteiger partial charge in [-0.3, -0.25) is 0 Å². The van der Waals surface area contributed by atoms with Gasteiger partial charge in [-0.05, 0) is 63.2 Å². The molecule has 4 aliphatic rings. The fourth-order valence-electron chi connectivity index (χ4n) is 4.98. The van der Waals surface area contributed by atoms with E-state index >= 15 is 0 Å². The average Bonchev–Trinajstić information content (AvgIpc) is 2.33. The van der Waals surface area contributed by atoms with Crippen LogP contribution in [-0.2, 0) is 0 Å². The lowest BCUT2D eigenvalue weighted by molar-refractivity contribution is -0.0154. The van der Waals surface area contributed by atoms with Crippen LogP contribution >= 0.6 is 0 Å². The first-order valence-corrected chi connectivity index (χ1v) is 7.58. The molecule has 0 aromatic heterocycles. The average molecular weight is 261 g/mol. The summed E-state index contributed by atoms with van der Waals surface area (Å²) in [7, 11) is 0. The van der Waals surface area contributed by atoms with Gasteiger partial charge < -0.3 is 10.2 Å². The summed E-state index contributed by atoms with van der Waals surface area (Å²) < 4.78 is 0. The summed E-state index contributed by atoms with van der Waals surface area (Å²) >= 11 is 0. The molecule has 4 aliphatic carbocycles. The third-order valence-corrected chi connectivity index (χ3v) is 5.34. The number of urea groups is 1. The van der Waals surface area contributed by atoms with Crippen LogP contribution in [0.3, 0.4) is 0 Å². The van der Waals surface area contributed by atoms with E-state index in [1.807, 2.05) is 6.92 Å². The minimum absolute atomic E-state index is 0.0361. The molecule has 0 atom stereocenters. The highest BCUT2D eigenvalue weighted by Gasteiger charge is 2.51. The third-order valence-electron chi connectivity index (χ3n) is 5.34. The van der Waals surface area contributed by atoms with Crippen molar-refractivity contribution in [2.45, 2.75) is 51.0 Å². The summed E-state index contributed by atoms with van der Waals surface area (Å²) in [6, 6.07) is 2.04. The number of hydrogen-bond donors (Lipinski definition) is 1. The van der Waals surface area contributed by atoms with E-state index in [2.05, 4.69) is 11.4 Å². The number of rotatable bonds is 3. The minimum atomic E-state index is -0.0361. The smallest absolute Gasteiger partial charge is 0.318 e. The van der Waals surface area contributed by atoms with Gasteiger partial charge in [-0.2, -0.15) is 5.26 Å². The molecule has 4 rings (SSSR count). The van der Waals surface area contributed by atoms with Gasteiger partial charge in [0.05, 0.1) is 6.07 Å². The summed E-state index contributed by atoms with van der Waals surface area (Å²) in [5.74, 6) is 2.49. The lowest BCUT2D eigenvalue weighted by atomic mass is 9.53. The monoisotopic (exact) mass is 261 g/mol. The van der Waals surface area contributed by atoms with Crippen molar-refractivity contribution in [2.75, 3.05) is 13.1 Å². The molecule has 19 heavy (non-hydrogen) atoms. The van der Waals surface area contributed by atoms with Crippen LogP contribution in [0.25, 0.3) is 0 Å². The van der Waals surface area contributed by atoms with Crippen LogP contribution in [0.5, 0.6) is 0 Å². The van der Waals surface area contributed by atoms with Crippen molar-refractivity contribution >= 4 is 6.03 Å². The summed E-state index contributed by atoms with van der Waals surface area (Å²) in [6.45, 7) is 2.72. The van der Waals surface area contributed by atoms with Crippen LogP contribution in [0, 0.1) is 29.1 Å². The summed E-state index contributed by atoms with van der Waals surface area (Å²) in [5.41, 5.74) is 0.0503. The Hall–Kier alpha value is -1.24.